The highest BCUT2D eigenvalue weighted by atomic mass is 15.2. The molecule has 0 amide bonds. The van der Waals surface area contributed by atoms with Gasteiger partial charge in [0, 0.05) is 19.6 Å². The van der Waals surface area contributed by atoms with Crippen molar-refractivity contribution < 1.29 is 0 Å². The third kappa shape index (κ3) is 2.49. The molecule has 0 spiro atoms. The van der Waals surface area contributed by atoms with Crippen LogP contribution >= 0.6 is 0 Å². The smallest absolute Gasteiger partial charge is 0.101 e. The number of hydrogen-bond donors (Lipinski definition) is 1. The summed E-state index contributed by atoms with van der Waals surface area (Å²) in [5.41, 5.74) is 3.05. The molecule has 1 aromatic rings. The van der Waals surface area contributed by atoms with E-state index in [0.29, 0.717) is 11.8 Å². The van der Waals surface area contributed by atoms with E-state index in [4.69, 9.17) is 0 Å². The Morgan fingerprint density at radius 1 is 1.33 bits per heavy atom. The Balaban J connectivity index is 2.26. The molecule has 1 fully saturated rings. The lowest BCUT2D eigenvalue weighted by molar-refractivity contribution is 0.494. The van der Waals surface area contributed by atoms with Crippen molar-refractivity contribution in [2.24, 2.45) is 11.8 Å². The van der Waals surface area contributed by atoms with Gasteiger partial charge < -0.3 is 10.2 Å². The highest BCUT2D eigenvalue weighted by molar-refractivity contribution is 5.61. The molecule has 1 aromatic carbocycles. The Labute approximate surface area is 109 Å². The first-order valence-electron chi connectivity index (χ1n) is 6.58. The second-order valence-electron chi connectivity index (χ2n) is 5.35. The minimum absolute atomic E-state index is 0.702. The van der Waals surface area contributed by atoms with Crippen molar-refractivity contribution in [3.8, 4) is 6.07 Å². The number of nitriles is 1. The van der Waals surface area contributed by atoms with Crippen LogP contribution in [0.5, 0.6) is 0 Å². The van der Waals surface area contributed by atoms with Gasteiger partial charge in [0.05, 0.1) is 11.3 Å². The predicted octanol–water partition coefficient (Wildman–Crippen LogP) is 2.37. The summed E-state index contributed by atoms with van der Waals surface area (Å²) < 4.78 is 0. The summed E-state index contributed by atoms with van der Waals surface area (Å²) in [5.74, 6) is 1.40. The molecule has 0 bridgehead atoms. The zero-order valence-electron chi connectivity index (χ0n) is 11.4. The molecule has 3 nitrogen and oxygen atoms in total. The van der Waals surface area contributed by atoms with Gasteiger partial charge in [0.2, 0.25) is 0 Å². The van der Waals surface area contributed by atoms with Crippen LogP contribution in [-0.2, 0) is 6.54 Å². The van der Waals surface area contributed by atoms with Gasteiger partial charge in [-0.1, -0.05) is 19.9 Å². The molecule has 1 N–H and O–H groups in total. The monoisotopic (exact) mass is 243 g/mol. The van der Waals surface area contributed by atoms with Crippen molar-refractivity contribution in [3.63, 3.8) is 0 Å². The second kappa shape index (κ2) is 5.41. The Morgan fingerprint density at radius 2 is 2.00 bits per heavy atom. The summed E-state index contributed by atoms with van der Waals surface area (Å²) >= 11 is 0. The normalized spacial score (nSPS) is 23.1. The van der Waals surface area contributed by atoms with Gasteiger partial charge in [-0.15, -0.1) is 0 Å². The number of nitrogens with one attached hydrogen (secondary N) is 1. The molecule has 18 heavy (non-hydrogen) atoms. The van der Waals surface area contributed by atoms with Gasteiger partial charge in [-0.3, -0.25) is 0 Å². The molecular formula is C15H21N3. The fourth-order valence-corrected chi connectivity index (χ4v) is 2.59. The first-order valence-corrected chi connectivity index (χ1v) is 6.58. The molecule has 3 heteroatoms. The van der Waals surface area contributed by atoms with Gasteiger partial charge in [-0.25, -0.2) is 0 Å². The maximum absolute atomic E-state index is 9.31. The van der Waals surface area contributed by atoms with Gasteiger partial charge >= 0.3 is 0 Å². The molecule has 2 rings (SSSR count). The third-order valence-electron chi connectivity index (χ3n) is 3.89. The molecule has 0 saturated carbocycles. The second-order valence-corrected chi connectivity index (χ2v) is 5.35. The van der Waals surface area contributed by atoms with Crippen LogP contribution in [0.1, 0.15) is 25.0 Å². The molecule has 0 aliphatic carbocycles. The Bertz CT molecular complexity index is 451. The van der Waals surface area contributed by atoms with Crippen molar-refractivity contribution >= 4 is 5.69 Å². The van der Waals surface area contributed by atoms with E-state index in [1.165, 1.54) is 0 Å². The lowest BCUT2D eigenvalue weighted by atomic mass is 10.0. The van der Waals surface area contributed by atoms with Crippen LogP contribution in [-0.4, -0.2) is 20.1 Å². The van der Waals surface area contributed by atoms with E-state index >= 15 is 0 Å². The molecule has 0 radical (unpaired) electrons. The van der Waals surface area contributed by atoms with Crippen molar-refractivity contribution in [3.05, 3.63) is 29.3 Å². The molecular weight excluding hydrogens is 222 g/mol. The summed E-state index contributed by atoms with van der Waals surface area (Å²) in [6, 6.07) is 8.54. The zero-order chi connectivity index (χ0) is 13.1. The highest BCUT2D eigenvalue weighted by Crippen LogP contribution is 2.30. The van der Waals surface area contributed by atoms with E-state index in [1.807, 2.05) is 13.1 Å². The van der Waals surface area contributed by atoms with Crippen LogP contribution in [0, 0.1) is 23.2 Å². The molecule has 96 valence electrons. The number of rotatable bonds is 3. The van der Waals surface area contributed by atoms with Crippen molar-refractivity contribution in [1.82, 2.24) is 5.32 Å². The fraction of sp³-hybridized carbons (Fsp3) is 0.533. The topological polar surface area (TPSA) is 39.1 Å². The fourth-order valence-electron chi connectivity index (χ4n) is 2.59. The van der Waals surface area contributed by atoms with Gasteiger partial charge in [0.25, 0.3) is 0 Å². The van der Waals surface area contributed by atoms with E-state index in [0.717, 1.165) is 36.4 Å². The number of benzene rings is 1. The third-order valence-corrected chi connectivity index (χ3v) is 3.89. The van der Waals surface area contributed by atoms with Crippen LogP contribution in [0.15, 0.2) is 18.2 Å². The van der Waals surface area contributed by atoms with E-state index in [2.05, 4.69) is 42.3 Å². The van der Waals surface area contributed by atoms with Crippen LogP contribution in [0.2, 0.25) is 0 Å². The summed E-state index contributed by atoms with van der Waals surface area (Å²) in [7, 11) is 1.92. The molecule has 1 aliphatic heterocycles. The summed E-state index contributed by atoms with van der Waals surface area (Å²) in [4.78, 5) is 2.34. The number of nitrogens with zero attached hydrogens (tertiary/aromatic N) is 2. The summed E-state index contributed by atoms with van der Waals surface area (Å²) in [6.07, 6.45) is 0. The lowest BCUT2D eigenvalue weighted by Gasteiger charge is -2.20. The van der Waals surface area contributed by atoms with Crippen LogP contribution in [0.25, 0.3) is 0 Å². The Morgan fingerprint density at radius 3 is 2.56 bits per heavy atom. The first-order chi connectivity index (χ1) is 8.65. The minimum Gasteiger partial charge on any atom is -0.370 e. The standard InChI is InChI=1S/C15H21N3/c1-11-9-18(10-12(11)2)15-5-4-13(8-17-3)6-14(15)7-16/h4-6,11-12,17H,8-10H2,1-3H3. The van der Waals surface area contributed by atoms with Gasteiger partial charge in [-0.05, 0) is 36.6 Å². The molecule has 1 aliphatic rings. The maximum atomic E-state index is 9.31. The first kappa shape index (κ1) is 12.9. The quantitative estimate of drug-likeness (QED) is 0.886. The van der Waals surface area contributed by atoms with Crippen molar-refractivity contribution in [1.29, 1.82) is 5.26 Å². The van der Waals surface area contributed by atoms with Crippen LogP contribution < -0.4 is 10.2 Å². The Kier molecular flexibility index (Phi) is 3.88. The summed E-state index contributed by atoms with van der Waals surface area (Å²) in [6.45, 7) is 7.49. The van der Waals surface area contributed by atoms with Crippen molar-refractivity contribution in [2.45, 2.75) is 20.4 Å². The molecule has 1 heterocycles. The molecule has 1 saturated heterocycles. The SMILES string of the molecule is CNCc1ccc(N2CC(C)C(C)C2)c(C#N)c1. The molecule has 2 atom stereocenters. The molecule has 0 aromatic heterocycles. The van der Waals surface area contributed by atoms with E-state index in [1.54, 1.807) is 0 Å². The van der Waals surface area contributed by atoms with Crippen molar-refractivity contribution in [2.75, 3.05) is 25.0 Å². The van der Waals surface area contributed by atoms with Crippen LogP contribution in [0.4, 0.5) is 5.69 Å². The Hall–Kier alpha value is -1.53. The van der Waals surface area contributed by atoms with Gasteiger partial charge in [0.1, 0.15) is 6.07 Å². The highest BCUT2D eigenvalue weighted by Gasteiger charge is 2.27. The average Bonchev–Trinajstić information content (AvgIpc) is 2.69. The average molecular weight is 243 g/mol. The van der Waals surface area contributed by atoms with Gasteiger partial charge in [-0.2, -0.15) is 5.26 Å². The number of anilines is 1. The van der Waals surface area contributed by atoms with E-state index in [-0.39, 0.29) is 0 Å². The van der Waals surface area contributed by atoms with E-state index in [9.17, 15) is 5.26 Å². The minimum atomic E-state index is 0.702. The predicted molar refractivity (Wildman–Crippen MR) is 74.5 cm³/mol. The number of hydrogen-bond acceptors (Lipinski definition) is 3. The molecule has 2 unspecified atom stereocenters. The lowest BCUT2D eigenvalue weighted by Crippen LogP contribution is -2.20. The van der Waals surface area contributed by atoms with Gasteiger partial charge in [0.15, 0.2) is 0 Å². The van der Waals surface area contributed by atoms with E-state index < -0.39 is 0 Å². The van der Waals surface area contributed by atoms with Crippen LogP contribution in [0.3, 0.4) is 0 Å². The maximum Gasteiger partial charge on any atom is 0.101 e. The largest absolute Gasteiger partial charge is 0.370 e. The zero-order valence-corrected chi connectivity index (χ0v) is 11.4. The summed E-state index contributed by atoms with van der Waals surface area (Å²) in [5, 5.41) is 12.4.